The Morgan fingerprint density at radius 3 is 2.38 bits per heavy atom. The van der Waals surface area contributed by atoms with Gasteiger partial charge in [-0.25, -0.2) is 4.79 Å². The van der Waals surface area contributed by atoms with Crippen molar-refractivity contribution in [2.24, 2.45) is 0 Å². The molecule has 4 nitrogen and oxygen atoms in total. The maximum Gasteiger partial charge on any atom is 0.336 e. The fraction of sp³-hybridized carbons (Fsp3) is 0.917. The quantitative estimate of drug-likeness (QED) is 0.668. The molecule has 0 saturated heterocycles. The Hall–Kier alpha value is -0.610. The van der Waals surface area contributed by atoms with Crippen LogP contribution in [0.25, 0.3) is 0 Å². The average molecular weight is 231 g/mol. The molecule has 4 heteroatoms. The van der Waals surface area contributed by atoms with Gasteiger partial charge in [0.05, 0.1) is 0 Å². The first kappa shape index (κ1) is 15.4. The van der Waals surface area contributed by atoms with E-state index in [1.54, 1.807) is 0 Å². The summed E-state index contributed by atoms with van der Waals surface area (Å²) in [5.41, 5.74) is -1.66. The smallest absolute Gasteiger partial charge is 0.336 e. The van der Waals surface area contributed by atoms with E-state index in [9.17, 15) is 9.90 Å². The summed E-state index contributed by atoms with van der Waals surface area (Å²) in [5, 5.41) is 18.7. The van der Waals surface area contributed by atoms with Crippen molar-refractivity contribution in [3.05, 3.63) is 0 Å². The summed E-state index contributed by atoms with van der Waals surface area (Å²) in [7, 11) is 0. The summed E-state index contributed by atoms with van der Waals surface area (Å²) >= 11 is 0. The lowest BCUT2D eigenvalue weighted by molar-refractivity contribution is -0.159. The van der Waals surface area contributed by atoms with E-state index >= 15 is 0 Å². The van der Waals surface area contributed by atoms with Gasteiger partial charge in [0.2, 0.25) is 0 Å². The van der Waals surface area contributed by atoms with Crippen LogP contribution in [0, 0.1) is 0 Å². The number of carboxylic acids is 1. The minimum atomic E-state index is -1.66. The minimum Gasteiger partial charge on any atom is -0.479 e. The van der Waals surface area contributed by atoms with Gasteiger partial charge in [0.25, 0.3) is 0 Å². The Kier molecular flexibility index (Phi) is 6.60. The molecule has 0 saturated carbocycles. The maximum atomic E-state index is 10.9. The summed E-state index contributed by atoms with van der Waals surface area (Å²) < 4.78 is 0. The number of rotatable bonds is 8. The lowest BCUT2D eigenvalue weighted by atomic mass is 10.0. The van der Waals surface area contributed by atoms with Crippen LogP contribution in [0.15, 0.2) is 0 Å². The molecule has 0 aliphatic rings. The molecule has 2 N–H and O–H groups in total. The molecule has 2 unspecified atom stereocenters. The molecule has 2 atom stereocenters. The molecular formula is C12H25NO3. The Morgan fingerprint density at radius 1 is 1.44 bits per heavy atom. The molecule has 0 aliphatic heterocycles. The zero-order chi connectivity index (χ0) is 12.8. The molecule has 0 aromatic heterocycles. The number of aliphatic hydroxyl groups is 1. The highest BCUT2D eigenvalue weighted by atomic mass is 16.4. The zero-order valence-electron chi connectivity index (χ0n) is 10.9. The van der Waals surface area contributed by atoms with Crippen LogP contribution >= 0.6 is 0 Å². The van der Waals surface area contributed by atoms with E-state index in [1.165, 1.54) is 6.92 Å². The van der Waals surface area contributed by atoms with Crippen molar-refractivity contribution >= 4 is 5.97 Å². The Labute approximate surface area is 98.3 Å². The Bertz CT molecular complexity index is 216. The van der Waals surface area contributed by atoms with Crippen molar-refractivity contribution in [2.75, 3.05) is 13.1 Å². The first-order chi connectivity index (χ1) is 7.35. The van der Waals surface area contributed by atoms with Gasteiger partial charge in [0, 0.05) is 12.6 Å². The molecule has 0 heterocycles. The van der Waals surface area contributed by atoms with Gasteiger partial charge < -0.3 is 10.2 Å². The van der Waals surface area contributed by atoms with Crippen LogP contribution in [0.3, 0.4) is 0 Å². The van der Waals surface area contributed by atoms with Gasteiger partial charge >= 0.3 is 5.97 Å². The van der Waals surface area contributed by atoms with E-state index in [-0.39, 0.29) is 6.54 Å². The summed E-state index contributed by atoms with van der Waals surface area (Å²) in [6.45, 7) is 8.62. The summed E-state index contributed by atoms with van der Waals surface area (Å²) in [6, 6.07) is 0.303. The minimum absolute atomic E-state index is 0.192. The lowest BCUT2D eigenvalue weighted by Gasteiger charge is -2.33. The van der Waals surface area contributed by atoms with E-state index in [0.717, 1.165) is 25.8 Å². The summed E-state index contributed by atoms with van der Waals surface area (Å²) in [5.74, 6) is -1.16. The Balaban J connectivity index is 4.46. The molecule has 0 spiro atoms. The predicted molar refractivity (Wildman–Crippen MR) is 64.5 cm³/mol. The molecule has 0 aromatic rings. The molecule has 16 heavy (non-hydrogen) atoms. The highest BCUT2D eigenvalue weighted by molar-refractivity contribution is 5.76. The van der Waals surface area contributed by atoms with Crippen molar-refractivity contribution in [3.8, 4) is 0 Å². The van der Waals surface area contributed by atoms with Gasteiger partial charge in [-0.05, 0) is 33.2 Å². The fourth-order valence-corrected chi connectivity index (χ4v) is 1.54. The van der Waals surface area contributed by atoms with Gasteiger partial charge in [-0.3, -0.25) is 4.90 Å². The third-order valence-corrected chi connectivity index (χ3v) is 2.98. The normalized spacial score (nSPS) is 17.1. The first-order valence-corrected chi connectivity index (χ1v) is 6.05. The van der Waals surface area contributed by atoms with Gasteiger partial charge in [-0.2, -0.15) is 0 Å². The molecule has 0 fully saturated rings. The van der Waals surface area contributed by atoms with Gasteiger partial charge in [0.1, 0.15) is 0 Å². The van der Waals surface area contributed by atoms with Crippen LogP contribution in [-0.4, -0.2) is 45.8 Å². The Morgan fingerprint density at radius 2 is 2.00 bits per heavy atom. The molecule has 0 rings (SSSR count). The van der Waals surface area contributed by atoms with Gasteiger partial charge in [0.15, 0.2) is 5.60 Å². The van der Waals surface area contributed by atoms with Gasteiger partial charge in [-0.1, -0.05) is 20.3 Å². The number of nitrogens with zero attached hydrogens (tertiary/aromatic N) is 1. The maximum absolute atomic E-state index is 10.9. The van der Waals surface area contributed by atoms with E-state index in [0.29, 0.717) is 6.04 Å². The van der Waals surface area contributed by atoms with Crippen LogP contribution in [0.4, 0.5) is 0 Å². The molecule has 0 aromatic carbocycles. The highest BCUT2D eigenvalue weighted by Gasteiger charge is 2.33. The van der Waals surface area contributed by atoms with Crippen molar-refractivity contribution in [3.63, 3.8) is 0 Å². The SMILES string of the molecule is CCCCN(CC(C)(O)C(=O)O)C(C)CC. The number of hydrogen-bond acceptors (Lipinski definition) is 3. The fourth-order valence-electron chi connectivity index (χ4n) is 1.54. The first-order valence-electron chi connectivity index (χ1n) is 6.05. The lowest BCUT2D eigenvalue weighted by Crippen LogP contribution is -2.49. The summed E-state index contributed by atoms with van der Waals surface area (Å²) in [6.07, 6.45) is 3.06. The van der Waals surface area contributed by atoms with Crippen LogP contribution in [0.1, 0.15) is 47.0 Å². The topological polar surface area (TPSA) is 60.8 Å². The van der Waals surface area contributed by atoms with Crippen LogP contribution in [-0.2, 0) is 4.79 Å². The standard InChI is InChI=1S/C12H25NO3/c1-5-7-8-13(10(3)6-2)9-12(4,16)11(14)15/h10,16H,5-9H2,1-4H3,(H,14,15). The van der Waals surface area contributed by atoms with E-state index in [4.69, 9.17) is 5.11 Å². The third-order valence-electron chi connectivity index (χ3n) is 2.98. The number of carbonyl (C=O) groups is 1. The number of unbranched alkanes of at least 4 members (excludes halogenated alkanes) is 1. The van der Waals surface area contributed by atoms with Crippen LogP contribution < -0.4 is 0 Å². The molecule has 0 radical (unpaired) electrons. The van der Waals surface area contributed by atoms with Crippen LogP contribution in [0.5, 0.6) is 0 Å². The molecule has 0 aliphatic carbocycles. The third kappa shape index (κ3) is 4.94. The molecule has 0 bridgehead atoms. The molecular weight excluding hydrogens is 206 g/mol. The second-order valence-corrected chi connectivity index (χ2v) is 4.66. The zero-order valence-corrected chi connectivity index (χ0v) is 10.9. The highest BCUT2D eigenvalue weighted by Crippen LogP contribution is 2.12. The van der Waals surface area contributed by atoms with E-state index in [2.05, 4.69) is 25.7 Å². The van der Waals surface area contributed by atoms with E-state index < -0.39 is 11.6 Å². The number of hydrogen-bond donors (Lipinski definition) is 2. The number of aliphatic carboxylic acids is 1. The van der Waals surface area contributed by atoms with Crippen molar-refractivity contribution in [2.45, 2.75) is 58.6 Å². The second-order valence-electron chi connectivity index (χ2n) is 4.66. The second kappa shape index (κ2) is 6.86. The molecule has 96 valence electrons. The van der Waals surface area contributed by atoms with Crippen LogP contribution in [0.2, 0.25) is 0 Å². The largest absolute Gasteiger partial charge is 0.479 e. The predicted octanol–water partition coefficient (Wildman–Crippen LogP) is 1.72. The number of carboxylic acid groups (broad SMARTS) is 1. The van der Waals surface area contributed by atoms with Crippen molar-refractivity contribution in [1.29, 1.82) is 0 Å². The van der Waals surface area contributed by atoms with Crippen molar-refractivity contribution in [1.82, 2.24) is 4.90 Å². The van der Waals surface area contributed by atoms with Gasteiger partial charge in [-0.15, -0.1) is 0 Å². The van der Waals surface area contributed by atoms with E-state index in [1.807, 2.05) is 0 Å². The molecule has 0 amide bonds. The monoisotopic (exact) mass is 231 g/mol. The van der Waals surface area contributed by atoms with Crippen molar-refractivity contribution < 1.29 is 15.0 Å². The summed E-state index contributed by atoms with van der Waals surface area (Å²) in [4.78, 5) is 12.9. The average Bonchev–Trinajstić information content (AvgIpc) is 2.22.